The van der Waals surface area contributed by atoms with Gasteiger partial charge in [0.1, 0.15) is 6.07 Å². The van der Waals surface area contributed by atoms with Gasteiger partial charge < -0.3 is 14.8 Å². The average molecular weight is 344 g/mol. The summed E-state index contributed by atoms with van der Waals surface area (Å²) in [7, 11) is 0. The van der Waals surface area contributed by atoms with Gasteiger partial charge in [-0.25, -0.2) is 4.98 Å². The second-order valence-corrected chi connectivity index (χ2v) is 7.41. The fourth-order valence-electron chi connectivity index (χ4n) is 4.08. The molecule has 26 heavy (non-hydrogen) atoms. The van der Waals surface area contributed by atoms with E-state index in [-0.39, 0.29) is 0 Å². The third-order valence-electron chi connectivity index (χ3n) is 5.63. The first-order valence-electron chi connectivity index (χ1n) is 9.02. The van der Waals surface area contributed by atoms with Gasteiger partial charge in [-0.3, -0.25) is 4.98 Å². The van der Waals surface area contributed by atoms with Gasteiger partial charge in [0, 0.05) is 37.8 Å². The normalized spacial score (nSPS) is 18.2. The molecule has 130 valence electrons. The zero-order valence-electron chi connectivity index (χ0n) is 14.5. The molecule has 2 aromatic heterocycles. The number of nitrogens with one attached hydrogen (secondary N) is 1. The maximum atomic E-state index is 8.98. The highest BCUT2D eigenvalue weighted by atomic mass is 15.3. The minimum absolute atomic E-state index is 0.426. The molecule has 0 unspecified atom stereocenters. The molecule has 0 atom stereocenters. The van der Waals surface area contributed by atoms with Gasteiger partial charge in [-0.05, 0) is 30.7 Å². The van der Waals surface area contributed by atoms with Gasteiger partial charge in [-0.2, -0.15) is 5.26 Å². The largest absolute Gasteiger partial charge is 0.342 e. The number of hydrogen-bond acceptors (Lipinski definition) is 5. The lowest BCUT2D eigenvalue weighted by molar-refractivity contribution is 0.199. The topological polar surface area (TPSA) is 69.8 Å². The molecule has 2 saturated heterocycles. The molecule has 0 bridgehead atoms. The summed E-state index contributed by atoms with van der Waals surface area (Å²) in [5.74, 6) is 1.03. The molecule has 6 nitrogen and oxygen atoms in total. The summed E-state index contributed by atoms with van der Waals surface area (Å²) >= 11 is 0. The van der Waals surface area contributed by atoms with Crippen LogP contribution in [0.1, 0.15) is 17.7 Å². The first kappa shape index (κ1) is 15.4. The molecule has 0 saturated carbocycles. The van der Waals surface area contributed by atoms with E-state index in [1.807, 2.05) is 18.2 Å². The summed E-state index contributed by atoms with van der Waals surface area (Å²) in [6.45, 7) is 4.99. The maximum absolute atomic E-state index is 8.98. The zero-order chi connectivity index (χ0) is 17.6. The van der Waals surface area contributed by atoms with E-state index >= 15 is 0 Å². The predicted octanol–water partition coefficient (Wildman–Crippen LogP) is 2.15. The Morgan fingerprint density at radius 2 is 2.08 bits per heavy atom. The SMILES string of the molecule is N#Cc1ccc(Cn2c(N3CCC4(CNC4)C3)nc3ccccc32)nc1. The summed E-state index contributed by atoms with van der Waals surface area (Å²) in [5.41, 5.74) is 4.09. The van der Waals surface area contributed by atoms with Crippen molar-refractivity contribution in [3.63, 3.8) is 0 Å². The smallest absolute Gasteiger partial charge is 0.206 e. The van der Waals surface area contributed by atoms with Crippen molar-refractivity contribution in [2.75, 3.05) is 31.1 Å². The summed E-state index contributed by atoms with van der Waals surface area (Å²) in [6.07, 6.45) is 2.86. The maximum Gasteiger partial charge on any atom is 0.206 e. The molecule has 2 aliphatic heterocycles. The Bertz CT molecular complexity index is 993. The van der Waals surface area contributed by atoms with Crippen LogP contribution in [-0.2, 0) is 6.54 Å². The molecule has 2 aliphatic rings. The number of aromatic nitrogens is 3. The van der Waals surface area contributed by atoms with E-state index in [9.17, 15) is 0 Å². The van der Waals surface area contributed by atoms with Crippen LogP contribution in [-0.4, -0.2) is 40.7 Å². The van der Waals surface area contributed by atoms with Crippen LogP contribution in [0.5, 0.6) is 0 Å². The molecule has 0 radical (unpaired) electrons. The van der Waals surface area contributed by atoms with Crippen LogP contribution >= 0.6 is 0 Å². The van der Waals surface area contributed by atoms with Crippen LogP contribution in [0.15, 0.2) is 42.6 Å². The van der Waals surface area contributed by atoms with E-state index in [4.69, 9.17) is 10.2 Å². The lowest BCUT2D eigenvalue weighted by atomic mass is 9.81. The van der Waals surface area contributed by atoms with Crippen molar-refractivity contribution in [3.05, 3.63) is 53.9 Å². The summed E-state index contributed by atoms with van der Waals surface area (Å²) < 4.78 is 2.26. The van der Waals surface area contributed by atoms with Crippen molar-refractivity contribution in [2.45, 2.75) is 13.0 Å². The molecule has 6 heteroatoms. The molecule has 1 aromatic carbocycles. The number of nitrogens with zero attached hydrogens (tertiary/aromatic N) is 5. The second-order valence-electron chi connectivity index (χ2n) is 7.41. The Kier molecular flexibility index (Phi) is 3.44. The summed E-state index contributed by atoms with van der Waals surface area (Å²) in [4.78, 5) is 11.8. The van der Waals surface area contributed by atoms with Gasteiger partial charge in [-0.15, -0.1) is 0 Å². The Morgan fingerprint density at radius 3 is 2.77 bits per heavy atom. The number of benzene rings is 1. The molecular formula is C20H20N6. The van der Waals surface area contributed by atoms with E-state index < -0.39 is 0 Å². The van der Waals surface area contributed by atoms with E-state index in [0.29, 0.717) is 17.5 Å². The standard InChI is InChI=1S/C20H20N6/c21-9-15-5-6-16(23-10-15)11-26-18-4-2-1-3-17(18)24-19(26)25-8-7-20(14-25)12-22-13-20/h1-6,10,22H,7-8,11-14H2. The van der Waals surface area contributed by atoms with Crippen molar-refractivity contribution in [1.29, 1.82) is 5.26 Å². The minimum atomic E-state index is 0.426. The van der Waals surface area contributed by atoms with Crippen molar-refractivity contribution in [3.8, 4) is 6.07 Å². The Balaban J connectivity index is 1.53. The van der Waals surface area contributed by atoms with Crippen molar-refractivity contribution in [2.24, 2.45) is 5.41 Å². The van der Waals surface area contributed by atoms with Crippen LogP contribution in [0.25, 0.3) is 11.0 Å². The van der Waals surface area contributed by atoms with Crippen molar-refractivity contribution < 1.29 is 0 Å². The lowest BCUT2D eigenvalue weighted by Gasteiger charge is -2.39. The van der Waals surface area contributed by atoms with Gasteiger partial charge in [0.05, 0.1) is 28.8 Å². The number of nitriles is 1. The van der Waals surface area contributed by atoms with Gasteiger partial charge in [-0.1, -0.05) is 12.1 Å². The van der Waals surface area contributed by atoms with E-state index in [1.165, 1.54) is 6.42 Å². The third-order valence-corrected chi connectivity index (χ3v) is 5.63. The second kappa shape index (κ2) is 5.82. The number of imidazole rings is 1. The van der Waals surface area contributed by atoms with Gasteiger partial charge in [0.2, 0.25) is 5.95 Å². The zero-order valence-corrected chi connectivity index (χ0v) is 14.5. The monoisotopic (exact) mass is 344 g/mol. The molecular weight excluding hydrogens is 324 g/mol. The first-order chi connectivity index (χ1) is 12.8. The van der Waals surface area contributed by atoms with Gasteiger partial charge in [0.15, 0.2) is 0 Å². The van der Waals surface area contributed by atoms with E-state index in [1.54, 1.807) is 6.20 Å². The van der Waals surface area contributed by atoms with Gasteiger partial charge >= 0.3 is 0 Å². The van der Waals surface area contributed by atoms with E-state index in [0.717, 1.165) is 48.9 Å². The summed E-state index contributed by atoms with van der Waals surface area (Å²) in [5, 5.41) is 12.4. The number of para-hydroxylation sites is 2. The highest BCUT2D eigenvalue weighted by Crippen LogP contribution is 2.37. The fraction of sp³-hybridized carbons (Fsp3) is 0.350. The molecule has 0 amide bonds. The first-order valence-corrected chi connectivity index (χ1v) is 9.02. The Hall–Kier alpha value is -2.91. The number of hydrogen-bond donors (Lipinski definition) is 1. The number of fused-ring (bicyclic) bond motifs is 1. The predicted molar refractivity (Wildman–Crippen MR) is 99.9 cm³/mol. The molecule has 1 N–H and O–H groups in total. The fourth-order valence-corrected chi connectivity index (χ4v) is 4.08. The third kappa shape index (κ3) is 2.44. The van der Waals surface area contributed by atoms with Crippen LogP contribution in [0.3, 0.4) is 0 Å². The molecule has 1 spiro atoms. The molecule has 3 aromatic rings. The van der Waals surface area contributed by atoms with Gasteiger partial charge in [0.25, 0.3) is 0 Å². The Morgan fingerprint density at radius 1 is 1.19 bits per heavy atom. The molecule has 0 aliphatic carbocycles. The van der Waals surface area contributed by atoms with Crippen LogP contribution in [0.4, 0.5) is 5.95 Å². The Labute approximate surface area is 152 Å². The quantitative estimate of drug-likeness (QED) is 0.788. The average Bonchev–Trinajstić information content (AvgIpc) is 3.25. The lowest BCUT2D eigenvalue weighted by Crippen LogP contribution is -2.54. The van der Waals surface area contributed by atoms with Crippen molar-refractivity contribution >= 4 is 17.0 Å². The summed E-state index contributed by atoms with van der Waals surface area (Å²) in [6, 6.07) is 14.2. The van der Waals surface area contributed by atoms with Crippen LogP contribution < -0.4 is 10.2 Å². The number of pyridine rings is 1. The minimum Gasteiger partial charge on any atom is -0.342 e. The number of rotatable bonds is 3. The highest BCUT2D eigenvalue weighted by Gasteiger charge is 2.44. The number of anilines is 1. The highest BCUT2D eigenvalue weighted by molar-refractivity contribution is 5.79. The van der Waals surface area contributed by atoms with Crippen LogP contribution in [0.2, 0.25) is 0 Å². The van der Waals surface area contributed by atoms with Crippen molar-refractivity contribution in [1.82, 2.24) is 19.9 Å². The van der Waals surface area contributed by atoms with Crippen LogP contribution in [0, 0.1) is 16.7 Å². The molecule has 2 fully saturated rings. The molecule has 5 rings (SSSR count). The van der Waals surface area contributed by atoms with E-state index in [2.05, 4.69) is 44.0 Å². The molecule has 4 heterocycles.